The smallest absolute Gasteiger partial charge is 0.228 e. The summed E-state index contributed by atoms with van der Waals surface area (Å²) in [5.74, 6) is 0.318. The molecule has 1 saturated heterocycles. The monoisotopic (exact) mass is 269 g/mol. The van der Waals surface area contributed by atoms with Crippen LogP contribution in [-0.4, -0.2) is 55.0 Å². The molecule has 0 aromatic rings. The van der Waals surface area contributed by atoms with E-state index in [1.165, 1.54) is 6.42 Å². The molecule has 4 nitrogen and oxygen atoms in total. The van der Waals surface area contributed by atoms with Crippen LogP contribution in [-0.2, 0) is 4.79 Å². The van der Waals surface area contributed by atoms with E-state index in [0.29, 0.717) is 5.91 Å². The van der Waals surface area contributed by atoms with E-state index in [4.69, 9.17) is 5.73 Å². The largest absolute Gasteiger partial charge is 0.341 e. The van der Waals surface area contributed by atoms with E-state index < -0.39 is 0 Å². The molecule has 19 heavy (non-hydrogen) atoms. The molecule has 0 aromatic carbocycles. The first-order valence-corrected chi connectivity index (χ1v) is 7.73. The first kappa shape index (κ1) is 16.4. The van der Waals surface area contributed by atoms with Crippen LogP contribution in [0.1, 0.15) is 46.5 Å². The zero-order valence-electron chi connectivity index (χ0n) is 13.0. The summed E-state index contributed by atoms with van der Waals surface area (Å²) in [6, 6.07) is 0. The molecule has 2 N–H and O–H groups in total. The first-order chi connectivity index (χ1) is 9.01. The lowest BCUT2D eigenvalue weighted by Crippen LogP contribution is -2.42. The molecule has 0 saturated carbocycles. The molecule has 4 heteroatoms. The summed E-state index contributed by atoms with van der Waals surface area (Å²) in [7, 11) is 0. The van der Waals surface area contributed by atoms with E-state index in [1.54, 1.807) is 0 Å². The van der Waals surface area contributed by atoms with Gasteiger partial charge in [0.05, 0.1) is 0 Å². The predicted octanol–water partition coefficient (Wildman–Crippen LogP) is 1.70. The van der Waals surface area contributed by atoms with Crippen molar-refractivity contribution in [3.05, 3.63) is 0 Å². The maximum Gasteiger partial charge on any atom is 0.228 e. The van der Waals surface area contributed by atoms with Crippen LogP contribution in [0.4, 0.5) is 0 Å². The Morgan fingerprint density at radius 1 is 1.16 bits per heavy atom. The van der Waals surface area contributed by atoms with Gasteiger partial charge >= 0.3 is 0 Å². The Labute approximate surface area is 118 Å². The SMILES string of the molecule is CCC(C)(C)C(=O)N1CCCN(CCCCN)CC1. The highest BCUT2D eigenvalue weighted by atomic mass is 16.2. The fraction of sp³-hybridized carbons (Fsp3) is 0.933. The van der Waals surface area contributed by atoms with Gasteiger partial charge in [-0.3, -0.25) is 4.79 Å². The van der Waals surface area contributed by atoms with E-state index in [9.17, 15) is 4.79 Å². The zero-order valence-corrected chi connectivity index (χ0v) is 13.0. The van der Waals surface area contributed by atoms with Gasteiger partial charge in [0.2, 0.25) is 5.91 Å². The number of hydrogen-bond donors (Lipinski definition) is 1. The number of nitrogens with zero attached hydrogens (tertiary/aromatic N) is 2. The van der Waals surface area contributed by atoms with E-state index in [0.717, 1.165) is 58.5 Å². The first-order valence-electron chi connectivity index (χ1n) is 7.73. The molecule has 112 valence electrons. The molecule has 0 unspecified atom stereocenters. The number of nitrogens with two attached hydrogens (primary N) is 1. The lowest BCUT2D eigenvalue weighted by atomic mass is 9.88. The van der Waals surface area contributed by atoms with Gasteiger partial charge < -0.3 is 15.5 Å². The third-order valence-corrected chi connectivity index (χ3v) is 4.27. The van der Waals surface area contributed by atoms with Crippen molar-refractivity contribution in [1.82, 2.24) is 9.80 Å². The standard InChI is InChI=1S/C15H31N3O/c1-4-15(2,3)14(19)18-11-7-10-17(12-13-18)9-6-5-8-16/h4-13,16H2,1-3H3. The topological polar surface area (TPSA) is 49.6 Å². The van der Waals surface area contributed by atoms with Crippen molar-refractivity contribution in [2.24, 2.45) is 11.1 Å². The van der Waals surface area contributed by atoms with Gasteiger partial charge in [-0.25, -0.2) is 0 Å². The lowest BCUT2D eigenvalue weighted by molar-refractivity contribution is -0.140. The fourth-order valence-electron chi connectivity index (χ4n) is 2.46. The number of carbonyl (C=O) groups excluding carboxylic acids is 1. The minimum Gasteiger partial charge on any atom is -0.341 e. The summed E-state index contributed by atoms with van der Waals surface area (Å²) >= 11 is 0. The van der Waals surface area contributed by atoms with Crippen molar-refractivity contribution in [1.29, 1.82) is 0 Å². The number of amides is 1. The molecule has 1 heterocycles. The molecular weight excluding hydrogens is 238 g/mol. The van der Waals surface area contributed by atoms with E-state index >= 15 is 0 Å². The molecular formula is C15H31N3O. The van der Waals surface area contributed by atoms with Gasteiger partial charge in [0.25, 0.3) is 0 Å². The van der Waals surface area contributed by atoms with Crippen LogP contribution in [0.5, 0.6) is 0 Å². The van der Waals surface area contributed by atoms with Gasteiger partial charge in [0.15, 0.2) is 0 Å². The summed E-state index contributed by atoms with van der Waals surface area (Å²) < 4.78 is 0. The van der Waals surface area contributed by atoms with Crippen molar-refractivity contribution in [3.8, 4) is 0 Å². The average molecular weight is 269 g/mol. The van der Waals surface area contributed by atoms with Crippen LogP contribution in [0.3, 0.4) is 0 Å². The van der Waals surface area contributed by atoms with Crippen molar-refractivity contribution < 1.29 is 4.79 Å². The van der Waals surface area contributed by atoms with Crippen molar-refractivity contribution in [3.63, 3.8) is 0 Å². The van der Waals surface area contributed by atoms with Crippen molar-refractivity contribution in [2.45, 2.75) is 46.5 Å². The Morgan fingerprint density at radius 3 is 2.53 bits per heavy atom. The molecule has 1 aliphatic heterocycles. The van der Waals surface area contributed by atoms with E-state index in [2.05, 4.69) is 30.6 Å². The molecule has 0 radical (unpaired) electrons. The van der Waals surface area contributed by atoms with Gasteiger partial charge in [-0.05, 0) is 45.3 Å². The minimum absolute atomic E-state index is 0.214. The predicted molar refractivity (Wildman–Crippen MR) is 80.0 cm³/mol. The Morgan fingerprint density at radius 2 is 1.89 bits per heavy atom. The Hall–Kier alpha value is -0.610. The molecule has 1 fully saturated rings. The number of unbranched alkanes of at least 4 members (excludes halogenated alkanes) is 1. The quantitative estimate of drug-likeness (QED) is 0.747. The van der Waals surface area contributed by atoms with E-state index in [1.807, 2.05) is 0 Å². The summed E-state index contributed by atoms with van der Waals surface area (Å²) in [5.41, 5.74) is 5.31. The second kappa shape index (κ2) is 7.85. The number of rotatable bonds is 6. The molecule has 1 aliphatic rings. The Bertz CT molecular complexity index is 279. The summed E-state index contributed by atoms with van der Waals surface area (Å²) in [4.78, 5) is 17.0. The molecule has 0 atom stereocenters. The highest BCUT2D eigenvalue weighted by Crippen LogP contribution is 2.23. The highest BCUT2D eigenvalue weighted by molar-refractivity contribution is 5.81. The average Bonchev–Trinajstić information content (AvgIpc) is 2.64. The van der Waals surface area contributed by atoms with Gasteiger partial charge in [-0.1, -0.05) is 20.8 Å². The third kappa shape index (κ3) is 5.11. The summed E-state index contributed by atoms with van der Waals surface area (Å²) in [6.07, 6.45) is 4.27. The molecule has 1 rings (SSSR count). The maximum atomic E-state index is 12.5. The molecule has 0 bridgehead atoms. The fourth-order valence-corrected chi connectivity index (χ4v) is 2.46. The van der Waals surface area contributed by atoms with Crippen molar-refractivity contribution in [2.75, 3.05) is 39.3 Å². The minimum atomic E-state index is -0.214. The number of hydrogen-bond acceptors (Lipinski definition) is 3. The van der Waals surface area contributed by atoms with Crippen LogP contribution in [0.2, 0.25) is 0 Å². The Kier molecular flexibility index (Phi) is 6.80. The van der Waals surface area contributed by atoms with Gasteiger partial charge in [-0.2, -0.15) is 0 Å². The third-order valence-electron chi connectivity index (χ3n) is 4.27. The van der Waals surface area contributed by atoms with Crippen molar-refractivity contribution >= 4 is 5.91 Å². The Balaban J connectivity index is 2.43. The maximum absolute atomic E-state index is 12.5. The summed E-state index contributed by atoms with van der Waals surface area (Å²) in [6.45, 7) is 12.0. The molecule has 0 aliphatic carbocycles. The van der Waals surface area contributed by atoms with Gasteiger partial charge in [0, 0.05) is 25.0 Å². The van der Waals surface area contributed by atoms with Crippen LogP contribution in [0, 0.1) is 5.41 Å². The van der Waals surface area contributed by atoms with Gasteiger partial charge in [-0.15, -0.1) is 0 Å². The highest BCUT2D eigenvalue weighted by Gasteiger charge is 2.30. The molecule has 0 aromatic heterocycles. The molecule has 1 amide bonds. The molecule has 0 spiro atoms. The number of carbonyl (C=O) groups is 1. The lowest BCUT2D eigenvalue weighted by Gasteiger charge is -2.30. The van der Waals surface area contributed by atoms with E-state index in [-0.39, 0.29) is 5.41 Å². The second-order valence-electron chi connectivity index (χ2n) is 6.22. The normalized spacial score (nSPS) is 18.4. The zero-order chi connectivity index (χ0) is 14.3. The van der Waals surface area contributed by atoms with Crippen LogP contribution >= 0.6 is 0 Å². The van der Waals surface area contributed by atoms with Crippen LogP contribution < -0.4 is 5.73 Å². The summed E-state index contributed by atoms with van der Waals surface area (Å²) in [5, 5.41) is 0. The van der Waals surface area contributed by atoms with Gasteiger partial charge in [0.1, 0.15) is 0 Å². The van der Waals surface area contributed by atoms with Crippen LogP contribution in [0.15, 0.2) is 0 Å². The second-order valence-corrected chi connectivity index (χ2v) is 6.22. The van der Waals surface area contributed by atoms with Crippen LogP contribution in [0.25, 0.3) is 0 Å².